The lowest BCUT2D eigenvalue weighted by Crippen LogP contribution is -2.43. The number of aliphatic hydroxyl groups is 2. The van der Waals surface area contributed by atoms with E-state index in [0.717, 1.165) is 0 Å². The van der Waals surface area contributed by atoms with Crippen LogP contribution in [0.25, 0.3) is 0 Å². The number of carbonyl (C=O) groups is 1. The van der Waals surface area contributed by atoms with Crippen LogP contribution >= 0.6 is 0 Å². The maximum Gasteiger partial charge on any atom is 0.305 e. The van der Waals surface area contributed by atoms with Gasteiger partial charge in [-0.1, -0.05) is 6.92 Å². The third-order valence-electron chi connectivity index (χ3n) is 3.30. The van der Waals surface area contributed by atoms with Gasteiger partial charge in [-0.2, -0.15) is 0 Å². The highest BCUT2D eigenvalue weighted by atomic mass is 16.8. The fourth-order valence-corrected chi connectivity index (χ4v) is 2.38. The van der Waals surface area contributed by atoms with Crippen LogP contribution in [0.3, 0.4) is 0 Å². The second kappa shape index (κ2) is 5.95. The number of aliphatic hydroxyl groups excluding tert-OH is 2. The van der Waals surface area contributed by atoms with E-state index < -0.39 is 36.5 Å². The van der Waals surface area contributed by atoms with Gasteiger partial charge in [0.05, 0.1) is 0 Å². The highest BCUT2D eigenvalue weighted by Gasteiger charge is 2.55. The van der Waals surface area contributed by atoms with E-state index in [4.69, 9.17) is 18.9 Å². The number of hydrogen-bond acceptors (Lipinski definition) is 7. The molecule has 2 aliphatic heterocycles. The second-order valence-corrected chi connectivity index (χ2v) is 5.56. The van der Waals surface area contributed by atoms with Crippen LogP contribution in [-0.2, 0) is 23.7 Å². The van der Waals surface area contributed by atoms with Crippen molar-refractivity contribution < 1.29 is 34.0 Å². The van der Waals surface area contributed by atoms with E-state index in [-0.39, 0.29) is 12.6 Å². The Morgan fingerprint density at radius 3 is 2.70 bits per heavy atom. The van der Waals surface area contributed by atoms with E-state index in [9.17, 15) is 15.0 Å². The average Bonchev–Trinajstić information content (AvgIpc) is 2.81. The van der Waals surface area contributed by atoms with Crippen molar-refractivity contribution in [3.63, 3.8) is 0 Å². The summed E-state index contributed by atoms with van der Waals surface area (Å²) in [5.74, 6) is -1.20. The normalized spacial score (nSPS) is 36.6. The van der Waals surface area contributed by atoms with Crippen LogP contribution in [0.5, 0.6) is 0 Å². The first-order chi connectivity index (χ1) is 9.34. The molecule has 0 radical (unpaired) electrons. The Balaban J connectivity index is 1.84. The summed E-state index contributed by atoms with van der Waals surface area (Å²) in [5, 5.41) is 20.0. The maximum atomic E-state index is 11.2. The first-order valence-corrected chi connectivity index (χ1v) is 6.87. The summed E-state index contributed by atoms with van der Waals surface area (Å²) >= 11 is 0. The van der Waals surface area contributed by atoms with E-state index in [1.165, 1.54) is 0 Å². The fourth-order valence-electron chi connectivity index (χ4n) is 2.38. The van der Waals surface area contributed by atoms with Crippen molar-refractivity contribution in [2.45, 2.75) is 70.1 Å². The molecule has 2 fully saturated rings. The lowest BCUT2D eigenvalue weighted by Gasteiger charge is -2.25. The summed E-state index contributed by atoms with van der Waals surface area (Å²) in [6, 6.07) is 0. The monoisotopic (exact) mass is 290 g/mol. The average molecular weight is 290 g/mol. The molecule has 2 saturated heterocycles. The fraction of sp³-hybridized carbons (Fsp3) is 0.923. The topological polar surface area (TPSA) is 94.5 Å². The van der Waals surface area contributed by atoms with E-state index in [1.54, 1.807) is 13.8 Å². The smallest absolute Gasteiger partial charge is 0.305 e. The van der Waals surface area contributed by atoms with Gasteiger partial charge in [-0.3, -0.25) is 4.79 Å². The van der Waals surface area contributed by atoms with Crippen molar-refractivity contribution in [1.29, 1.82) is 0 Å². The Hall–Kier alpha value is -0.730. The van der Waals surface area contributed by atoms with Crippen molar-refractivity contribution in [2.24, 2.45) is 0 Å². The van der Waals surface area contributed by atoms with Gasteiger partial charge >= 0.3 is 5.97 Å². The Morgan fingerprint density at radius 2 is 2.10 bits per heavy atom. The lowest BCUT2D eigenvalue weighted by atomic mass is 10.1. The Kier molecular flexibility index (Phi) is 4.66. The minimum absolute atomic E-state index is 0.219. The SMILES string of the molecule is CCCC(=O)OC[C@@H](O)[C@H]1O[C@@H]2OC(C)(C)O[C@@H]2[C@H]1O. The van der Waals surface area contributed by atoms with Crippen LogP contribution in [0.2, 0.25) is 0 Å². The molecule has 0 aromatic heterocycles. The Labute approximate surface area is 117 Å². The molecule has 0 unspecified atom stereocenters. The van der Waals surface area contributed by atoms with Crippen molar-refractivity contribution in [2.75, 3.05) is 6.61 Å². The summed E-state index contributed by atoms with van der Waals surface area (Å²) in [4.78, 5) is 11.2. The molecule has 2 heterocycles. The maximum absolute atomic E-state index is 11.2. The number of hydrogen-bond donors (Lipinski definition) is 2. The van der Waals surface area contributed by atoms with Crippen LogP contribution in [-0.4, -0.2) is 59.3 Å². The van der Waals surface area contributed by atoms with Gasteiger partial charge in [-0.15, -0.1) is 0 Å². The van der Waals surface area contributed by atoms with Crippen LogP contribution in [0.1, 0.15) is 33.6 Å². The van der Waals surface area contributed by atoms with Crippen LogP contribution in [0.15, 0.2) is 0 Å². The third-order valence-corrected chi connectivity index (χ3v) is 3.30. The molecule has 0 aromatic carbocycles. The zero-order valence-corrected chi connectivity index (χ0v) is 11.9. The number of rotatable bonds is 5. The standard InChI is InChI=1S/C13H22O7/c1-4-5-8(15)17-6-7(14)10-9(16)11-12(18-10)20-13(2,3)19-11/h7,9-12,14,16H,4-6H2,1-3H3/t7-,9+,10-,11-,12-/m1/s1. The Morgan fingerprint density at radius 1 is 1.40 bits per heavy atom. The lowest BCUT2D eigenvalue weighted by molar-refractivity contribution is -0.228. The number of fused-ring (bicyclic) bond motifs is 1. The molecule has 0 aromatic rings. The second-order valence-electron chi connectivity index (χ2n) is 5.56. The predicted molar refractivity (Wildman–Crippen MR) is 66.6 cm³/mol. The third kappa shape index (κ3) is 3.29. The molecule has 0 spiro atoms. The quantitative estimate of drug-likeness (QED) is 0.684. The molecular weight excluding hydrogens is 268 g/mol. The van der Waals surface area contributed by atoms with Crippen LogP contribution < -0.4 is 0 Å². The first kappa shape index (κ1) is 15.7. The molecule has 7 heteroatoms. The molecule has 116 valence electrons. The van der Waals surface area contributed by atoms with E-state index in [2.05, 4.69) is 0 Å². The predicted octanol–water partition coefficient (Wildman–Crippen LogP) is -0.0721. The molecular formula is C13H22O7. The zero-order valence-electron chi connectivity index (χ0n) is 11.9. The minimum atomic E-state index is -1.12. The van der Waals surface area contributed by atoms with Crippen molar-refractivity contribution >= 4 is 5.97 Å². The molecule has 0 saturated carbocycles. The molecule has 2 rings (SSSR count). The van der Waals surface area contributed by atoms with Crippen molar-refractivity contribution in [1.82, 2.24) is 0 Å². The molecule has 0 aliphatic carbocycles. The molecule has 0 amide bonds. The molecule has 20 heavy (non-hydrogen) atoms. The largest absolute Gasteiger partial charge is 0.463 e. The molecule has 7 nitrogen and oxygen atoms in total. The molecule has 0 bridgehead atoms. The summed E-state index contributed by atoms with van der Waals surface area (Å²) in [6.07, 6.45) is -3.42. The van der Waals surface area contributed by atoms with Crippen LogP contribution in [0, 0.1) is 0 Å². The number of ether oxygens (including phenoxy) is 4. The first-order valence-electron chi connectivity index (χ1n) is 6.87. The van der Waals surface area contributed by atoms with Gasteiger partial charge in [0.25, 0.3) is 0 Å². The molecule has 2 aliphatic rings. The summed E-state index contributed by atoms with van der Waals surface area (Å²) < 4.78 is 21.3. The minimum Gasteiger partial charge on any atom is -0.463 e. The number of esters is 1. The van der Waals surface area contributed by atoms with Gasteiger partial charge in [0, 0.05) is 6.42 Å². The van der Waals surface area contributed by atoms with Gasteiger partial charge in [0.2, 0.25) is 0 Å². The van der Waals surface area contributed by atoms with E-state index in [1.807, 2.05) is 6.92 Å². The summed E-state index contributed by atoms with van der Waals surface area (Å²) in [5.41, 5.74) is 0. The van der Waals surface area contributed by atoms with Crippen molar-refractivity contribution in [3.05, 3.63) is 0 Å². The van der Waals surface area contributed by atoms with Gasteiger partial charge in [-0.05, 0) is 20.3 Å². The molecule has 2 N–H and O–H groups in total. The number of carbonyl (C=O) groups excluding carboxylic acids is 1. The van der Waals surface area contributed by atoms with Crippen LogP contribution in [0.4, 0.5) is 0 Å². The van der Waals surface area contributed by atoms with E-state index in [0.29, 0.717) is 12.8 Å². The van der Waals surface area contributed by atoms with Crippen molar-refractivity contribution in [3.8, 4) is 0 Å². The summed E-state index contributed by atoms with van der Waals surface area (Å²) in [7, 11) is 0. The van der Waals surface area contributed by atoms with Gasteiger partial charge < -0.3 is 29.2 Å². The van der Waals surface area contributed by atoms with Gasteiger partial charge in [0.15, 0.2) is 12.1 Å². The van der Waals surface area contributed by atoms with E-state index >= 15 is 0 Å². The zero-order chi connectivity index (χ0) is 14.9. The van der Waals surface area contributed by atoms with Gasteiger partial charge in [-0.25, -0.2) is 0 Å². The summed E-state index contributed by atoms with van der Waals surface area (Å²) in [6.45, 7) is 5.08. The Bertz CT molecular complexity index is 357. The molecule has 5 atom stereocenters. The highest BCUT2D eigenvalue weighted by molar-refractivity contribution is 5.69. The van der Waals surface area contributed by atoms with Gasteiger partial charge in [0.1, 0.15) is 31.0 Å². The highest BCUT2D eigenvalue weighted by Crippen LogP contribution is 2.38.